The van der Waals surface area contributed by atoms with E-state index in [1.54, 1.807) is 30.3 Å². The minimum atomic E-state index is -4.33. The number of carboxylic acid groups (broad SMARTS) is 1. The summed E-state index contributed by atoms with van der Waals surface area (Å²) >= 11 is 0. The highest BCUT2D eigenvalue weighted by atomic mass is 19.4. The number of ether oxygens (including phenoxy) is 1. The molecule has 0 aliphatic rings. The molecular weight excluding hydrogens is 275 g/mol. The number of hydrogen-bond donors (Lipinski definition) is 2. The van der Waals surface area contributed by atoms with Crippen molar-refractivity contribution in [2.24, 2.45) is 0 Å². The van der Waals surface area contributed by atoms with Crippen LogP contribution in [-0.2, 0) is 9.53 Å². The van der Waals surface area contributed by atoms with Crippen molar-refractivity contribution in [2.45, 2.75) is 18.6 Å². The largest absolute Gasteiger partial charge is 0.480 e. The third kappa shape index (κ3) is 6.53. The summed E-state index contributed by atoms with van der Waals surface area (Å²) in [6.45, 7) is -1.11. The van der Waals surface area contributed by atoms with Gasteiger partial charge in [-0.25, -0.2) is 0 Å². The van der Waals surface area contributed by atoms with Crippen LogP contribution in [0.25, 0.3) is 0 Å². The Morgan fingerprint density at radius 3 is 2.50 bits per heavy atom. The van der Waals surface area contributed by atoms with Crippen molar-refractivity contribution in [3.8, 4) is 0 Å². The highest BCUT2D eigenvalue weighted by Gasteiger charge is 2.27. The standard InChI is InChI=1S/C13H16F3NO3/c14-13(15,16)9-20-8-4-7-17-11(12(18)19)10-5-2-1-3-6-10/h1-3,5-6,11,17H,4,7-9H2,(H,18,19). The first-order chi connectivity index (χ1) is 9.40. The molecule has 0 bridgehead atoms. The molecule has 1 unspecified atom stereocenters. The van der Waals surface area contributed by atoms with E-state index in [4.69, 9.17) is 5.11 Å². The van der Waals surface area contributed by atoms with E-state index in [9.17, 15) is 18.0 Å². The molecule has 112 valence electrons. The Hall–Kier alpha value is -1.60. The first-order valence-corrected chi connectivity index (χ1v) is 6.06. The Morgan fingerprint density at radius 2 is 1.95 bits per heavy atom. The van der Waals surface area contributed by atoms with E-state index < -0.39 is 24.8 Å². The zero-order chi connectivity index (χ0) is 15.0. The van der Waals surface area contributed by atoms with Gasteiger partial charge >= 0.3 is 12.1 Å². The summed E-state index contributed by atoms with van der Waals surface area (Å²) in [5.74, 6) is -1.03. The zero-order valence-corrected chi connectivity index (χ0v) is 10.7. The summed E-state index contributed by atoms with van der Waals surface area (Å²) in [5.41, 5.74) is 0.594. The molecule has 7 heteroatoms. The van der Waals surface area contributed by atoms with E-state index >= 15 is 0 Å². The number of rotatable bonds is 8. The van der Waals surface area contributed by atoms with E-state index in [0.29, 0.717) is 12.0 Å². The minimum Gasteiger partial charge on any atom is -0.480 e. The second-order valence-corrected chi connectivity index (χ2v) is 4.16. The fraction of sp³-hybridized carbons (Fsp3) is 0.462. The number of carboxylic acids is 1. The molecule has 0 aromatic heterocycles. The van der Waals surface area contributed by atoms with Crippen molar-refractivity contribution in [2.75, 3.05) is 19.8 Å². The SMILES string of the molecule is O=C(O)C(NCCCOCC(F)(F)F)c1ccccc1. The lowest BCUT2D eigenvalue weighted by Crippen LogP contribution is -2.30. The van der Waals surface area contributed by atoms with Crippen LogP contribution < -0.4 is 5.32 Å². The van der Waals surface area contributed by atoms with Crippen molar-refractivity contribution in [1.29, 1.82) is 0 Å². The van der Waals surface area contributed by atoms with Gasteiger partial charge < -0.3 is 15.2 Å². The predicted octanol–water partition coefficient (Wildman–Crippen LogP) is 2.37. The van der Waals surface area contributed by atoms with Crippen LogP contribution in [0.5, 0.6) is 0 Å². The summed E-state index contributed by atoms with van der Waals surface area (Å²) in [5, 5.41) is 11.9. The maximum Gasteiger partial charge on any atom is 0.411 e. The van der Waals surface area contributed by atoms with Crippen LogP contribution in [0.2, 0.25) is 0 Å². The van der Waals surface area contributed by atoms with Gasteiger partial charge in [0.25, 0.3) is 0 Å². The van der Waals surface area contributed by atoms with Crippen molar-refractivity contribution < 1.29 is 27.8 Å². The molecule has 0 saturated heterocycles. The Kier molecular flexibility index (Phi) is 6.47. The molecule has 20 heavy (non-hydrogen) atoms. The Balaban J connectivity index is 2.29. The molecule has 0 saturated carbocycles. The third-order valence-corrected chi connectivity index (χ3v) is 2.46. The van der Waals surface area contributed by atoms with Gasteiger partial charge in [0, 0.05) is 6.61 Å². The number of aliphatic carboxylic acids is 1. The van der Waals surface area contributed by atoms with Crippen molar-refractivity contribution in [3.63, 3.8) is 0 Å². The van der Waals surface area contributed by atoms with Crippen molar-refractivity contribution >= 4 is 5.97 Å². The van der Waals surface area contributed by atoms with Gasteiger partial charge in [-0.3, -0.25) is 4.79 Å². The summed E-state index contributed by atoms with van der Waals surface area (Å²) in [6, 6.07) is 7.68. The minimum absolute atomic E-state index is 0.0758. The van der Waals surface area contributed by atoms with Gasteiger partial charge in [-0.1, -0.05) is 30.3 Å². The quantitative estimate of drug-likeness (QED) is 0.722. The van der Waals surface area contributed by atoms with Crippen LogP contribution in [0.1, 0.15) is 18.0 Å². The fourth-order valence-electron chi connectivity index (χ4n) is 1.60. The van der Waals surface area contributed by atoms with Crippen LogP contribution in [0.4, 0.5) is 13.2 Å². The molecule has 0 aliphatic carbocycles. The van der Waals surface area contributed by atoms with Crippen molar-refractivity contribution in [1.82, 2.24) is 5.32 Å². The van der Waals surface area contributed by atoms with Gasteiger partial charge in [0.05, 0.1) is 0 Å². The lowest BCUT2D eigenvalue weighted by atomic mass is 10.1. The van der Waals surface area contributed by atoms with Crippen LogP contribution in [0.15, 0.2) is 30.3 Å². The second kappa shape index (κ2) is 7.86. The summed E-state index contributed by atoms with van der Waals surface area (Å²) in [6.07, 6.45) is -4.03. The molecule has 1 rings (SSSR count). The number of carbonyl (C=O) groups is 1. The van der Waals surface area contributed by atoms with Gasteiger partial charge in [0.15, 0.2) is 0 Å². The molecule has 2 N–H and O–H groups in total. The molecule has 1 atom stereocenters. The summed E-state index contributed by atoms with van der Waals surface area (Å²) in [4.78, 5) is 11.1. The average molecular weight is 291 g/mol. The monoisotopic (exact) mass is 291 g/mol. The van der Waals surface area contributed by atoms with Crippen LogP contribution >= 0.6 is 0 Å². The molecule has 0 amide bonds. The number of hydrogen-bond acceptors (Lipinski definition) is 3. The normalized spacial score (nSPS) is 13.2. The molecule has 1 aromatic carbocycles. The van der Waals surface area contributed by atoms with Crippen LogP contribution in [-0.4, -0.2) is 37.0 Å². The second-order valence-electron chi connectivity index (χ2n) is 4.16. The Morgan fingerprint density at radius 1 is 1.30 bits per heavy atom. The third-order valence-electron chi connectivity index (χ3n) is 2.46. The summed E-state index contributed by atoms with van der Waals surface area (Å²) in [7, 11) is 0. The van der Waals surface area contributed by atoms with Gasteiger partial charge in [-0.05, 0) is 18.5 Å². The van der Waals surface area contributed by atoms with Gasteiger partial charge in [0.2, 0.25) is 0 Å². The number of nitrogens with one attached hydrogen (secondary N) is 1. The number of alkyl halides is 3. The Bertz CT molecular complexity index is 409. The van der Waals surface area contributed by atoms with Crippen molar-refractivity contribution in [3.05, 3.63) is 35.9 Å². The highest BCUT2D eigenvalue weighted by molar-refractivity contribution is 5.75. The fourth-order valence-corrected chi connectivity index (χ4v) is 1.60. The molecule has 0 fully saturated rings. The molecule has 0 aliphatic heterocycles. The molecular formula is C13H16F3NO3. The molecule has 0 heterocycles. The van der Waals surface area contributed by atoms with Crippen LogP contribution in [0.3, 0.4) is 0 Å². The highest BCUT2D eigenvalue weighted by Crippen LogP contribution is 2.15. The van der Waals surface area contributed by atoms with E-state index in [1.807, 2.05) is 0 Å². The number of halogens is 3. The first kappa shape index (κ1) is 16.5. The zero-order valence-electron chi connectivity index (χ0n) is 10.7. The molecule has 0 radical (unpaired) electrons. The van der Waals surface area contributed by atoms with Crippen LogP contribution in [0, 0.1) is 0 Å². The molecule has 4 nitrogen and oxygen atoms in total. The molecule has 1 aromatic rings. The maximum absolute atomic E-state index is 11.8. The van der Waals surface area contributed by atoms with E-state index in [2.05, 4.69) is 10.1 Å². The van der Waals surface area contributed by atoms with E-state index in [1.165, 1.54) is 0 Å². The average Bonchev–Trinajstić information content (AvgIpc) is 2.37. The topological polar surface area (TPSA) is 58.6 Å². The van der Waals surface area contributed by atoms with E-state index in [0.717, 1.165) is 0 Å². The lowest BCUT2D eigenvalue weighted by molar-refractivity contribution is -0.173. The van der Waals surface area contributed by atoms with E-state index in [-0.39, 0.29) is 13.2 Å². The molecule has 0 spiro atoms. The number of benzene rings is 1. The predicted molar refractivity (Wildman–Crippen MR) is 66.3 cm³/mol. The van der Waals surface area contributed by atoms with Gasteiger partial charge in [0.1, 0.15) is 12.6 Å². The van der Waals surface area contributed by atoms with Gasteiger partial charge in [-0.2, -0.15) is 13.2 Å². The summed E-state index contributed by atoms with van der Waals surface area (Å²) < 4.78 is 39.8. The Labute approximate surface area is 114 Å². The lowest BCUT2D eigenvalue weighted by Gasteiger charge is -2.15. The maximum atomic E-state index is 11.8. The first-order valence-electron chi connectivity index (χ1n) is 6.06. The smallest absolute Gasteiger partial charge is 0.411 e. The van der Waals surface area contributed by atoms with Gasteiger partial charge in [-0.15, -0.1) is 0 Å².